The van der Waals surface area contributed by atoms with Gasteiger partial charge in [0.1, 0.15) is 16.8 Å². The van der Waals surface area contributed by atoms with E-state index < -0.39 is 11.9 Å². The number of nitrogens with one attached hydrogen (secondary N) is 1. The van der Waals surface area contributed by atoms with Gasteiger partial charge >= 0.3 is 5.97 Å². The first-order valence-corrected chi connectivity index (χ1v) is 8.16. The Labute approximate surface area is 144 Å². The highest BCUT2D eigenvalue weighted by atomic mass is 32.1. The van der Waals surface area contributed by atoms with Crippen molar-refractivity contribution in [2.45, 2.75) is 27.7 Å². The van der Waals surface area contributed by atoms with Crippen LogP contribution in [-0.2, 0) is 4.74 Å². The van der Waals surface area contributed by atoms with E-state index in [1.807, 2.05) is 19.9 Å². The predicted molar refractivity (Wildman–Crippen MR) is 91.4 cm³/mol. The van der Waals surface area contributed by atoms with Crippen molar-refractivity contribution in [3.63, 3.8) is 0 Å². The molecule has 0 aromatic carbocycles. The number of aryl methyl sites for hydroxylation is 2. The van der Waals surface area contributed by atoms with Gasteiger partial charge in [-0.15, -0.1) is 11.3 Å². The fourth-order valence-electron chi connectivity index (χ4n) is 2.14. The average molecular weight is 343 g/mol. The van der Waals surface area contributed by atoms with Crippen LogP contribution in [0.3, 0.4) is 0 Å². The number of carbonyl (C=O) groups is 2. The molecule has 0 unspecified atom stereocenters. The number of anilines is 1. The van der Waals surface area contributed by atoms with E-state index in [0.29, 0.717) is 21.8 Å². The molecular formula is C17H17N3O3S. The van der Waals surface area contributed by atoms with E-state index >= 15 is 0 Å². The lowest BCUT2D eigenvalue weighted by molar-refractivity contribution is 0.0527. The lowest BCUT2D eigenvalue weighted by atomic mass is 10.1. The molecule has 24 heavy (non-hydrogen) atoms. The summed E-state index contributed by atoms with van der Waals surface area (Å²) in [5.74, 6) is -0.895. The first kappa shape index (κ1) is 17.6. The van der Waals surface area contributed by atoms with Crippen LogP contribution in [0.4, 0.5) is 5.00 Å². The van der Waals surface area contributed by atoms with Gasteiger partial charge in [0.25, 0.3) is 5.91 Å². The molecule has 0 spiro atoms. The molecule has 0 radical (unpaired) electrons. The fraction of sp³-hybridized carbons (Fsp3) is 0.294. The van der Waals surface area contributed by atoms with Gasteiger partial charge in [0, 0.05) is 4.88 Å². The molecule has 2 heterocycles. The monoisotopic (exact) mass is 343 g/mol. The Morgan fingerprint density at radius 2 is 2.04 bits per heavy atom. The number of amides is 1. The Hall–Kier alpha value is -2.72. The largest absolute Gasteiger partial charge is 0.462 e. The smallest absolute Gasteiger partial charge is 0.341 e. The lowest BCUT2D eigenvalue weighted by Gasteiger charge is -2.07. The van der Waals surface area contributed by atoms with Crippen molar-refractivity contribution >= 4 is 28.2 Å². The van der Waals surface area contributed by atoms with Crippen molar-refractivity contribution in [2.75, 3.05) is 11.9 Å². The number of hydrogen-bond donors (Lipinski definition) is 1. The zero-order valence-electron chi connectivity index (χ0n) is 13.9. The number of nitriles is 1. The van der Waals surface area contributed by atoms with Gasteiger partial charge in [-0.3, -0.25) is 4.79 Å². The van der Waals surface area contributed by atoms with Gasteiger partial charge in [-0.05, 0) is 45.4 Å². The third kappa shape index (κ3) is 3.44. The highest BCUT2D eigenvalue weighted by Gasteiger charge is 2.22. The maximum absolute atomic E-state index is 12.4. The summed E-state index contributed by atoms with van der Waals surface area (Å²) in [6, 6.07) is 5.04. The number of thiophene rings is 1. The second kappa shape index (κ2) is 7.23. The van der Waals surface area contributed by atoms with Crippen molar-refractivity contribution in [2.24, 2.45) is 0 Å². The maximum atomic E-state index is 12.4. The minimum atomic E-state index is -0.460. The zero-order valence-corrected chi connectivity index (χ0v) is 14.7. The molecule has 0 aliphatic heterocycles. The molecule has 1 N–H and O–H groups in total. The minimum absolute atomic E-state index is 0.185. The van der Waals surface area contributed by atoms with Crippen LogP contribution in [0.2, 0.25) is 0 Å². The van der Waals surface area contributed by atoms with E-state index in [1.54, 1.807) is 19.9 Å². The Morgan fingerprint density at radius 3 is 2.62 bits per heavy atom. The van der Waals surface area contributed by atoms with E-state index in [1.165, 1.54) is 17.4 Å². The van der Waals surface area contributed by atoms with Gasteiger partial charge in [-0.1, -0.05) is 0 Å². The molecule has 0 bridgehead atoms. The van der Waals surface area contributed by atoms with Gasteiger partial charge in [-0.25, -0.2) is 9.78 Å². The molecule has 6 nitrogen and oxygen atoms in total. The summed E-state index contributed by atoms with van der Waals surface area (Å²) in [4.78, 5) is 29.6. The Balaban J connectivity index is 2.33. The first-order valence-electron chi connectivity index (χ1n) is 7.35. The van der Waals surface area contributed by atoms with Crippen molar-refractivity contribution in [3.8, 4) is 6.07 Å². The van der Waals surface area contributed by atoms with Crippen molar-refractivity contribution < 1.29 is 14.3 Å². The standard InChI is InChI=1S/C17H17N3O3S/c1-5-23-17(22)14-9(2)11(4)24-16(14)20-15(21)13-7-6-12(8-18)10(3)19-13/h6-7H,5H2,1-4H3,(H,20,21). The number of rotatable bonds is 4. The molecule has 1 amide bonds. The molecule has 7 heteroatoms. The quantitative estimate of drug-likeness (QED) is 0.859. The summed E-state index contributed by atoms with van der Waals surface area (Å²) >= 11 is 1.32. The molecule has 0 aliphatic rings. The summed E-state index contributed by atoms with van der Waals surface area (Å²) in [5.41, 5.74) is 2.25. The Morgan fingerprint density at radius 1 is 1.33 bits per heavy atom. The molecule has 2 aromatic heterocycles. The zero-order chi connectivity index (χ0) is 17.9. The fourth-order valence-corrected chi connectivity index (χ4v) is 3.18. The molecule has 0 saturated heterocycles. The van der Waals surface area contributed by atoms with Crippen LogP contribution in [0.25, 0.3) is 0 Å². The molecule has 0 fully saturated rings. The number of hydrogen-bond acceptors (Lipinski definition) is 6. The van der Waals surface area contributed by atoms with E-state index in [2.05, 4.69) is 10.3 Å². The highest BCUT2D eigenvalue weighted by molar-refractivity contribution is 7.16. The molecule has 124 valence electrons. The van der Waals surface area contributed by atoms with Gasteiger partial charge in [0.05, 0.1) is 23.4 Å². The number of esters is 1. The van der Waals surface area contributed by atoms with Crippen LogP contribution in [-0.4, -0.2) is 23.5 Å². The maximum Gasteiger partial charge on any atom is 0.341 e. The van der Waals surface area contributed by atoms with Crippen LogP contribution < -0.4 is 5.32 Å². The molecule has 0 saturated carbocycles. The van der Waals surface area contributed by atoms with Crippen molar-refractivity contribution in [3.05, 3.63) is 45.1 Å². The third-order valence-electron chi connectivity index (χ3n) is 3.53. The summed E-state index contributed by atoms with van der Waals surface area (Å²) in [5, 5.41) is 12.1. The number of nitrogens with zero attached hydrogens (tertiary/aromatic N) is 2. The SMILES string of the molecule is CCOC(=O)c1c(NC(=O)c2ccc(C#N)c(C)n2)sc(C)c1C. The number of pyridine rings is 1. The second-order valence-electron chi connectivity index (χ2n) is 5.10. The average Bonchev–Trinajstić information content (AvgIpc) is 2.81. The normalized spacial score (nSPS) is 10.1. The van der Waals surface area contributed by atoms with Crippen LogP contribution in [0.5, 0.6) is 0 Å². The number of aromatic nitrogens is 1. The summed E-state index contributed by atoms with van der Waals surface area (Å²) in [6.07, 6.45) is 0. The van der Waals surface area contributed by atoms with Gasteiger partial charge in [-0.2, -0.15) is 5.26 Å². The summed E-state index contributed by atoms with van der Waals surface area (Å²) < 4.78 is 5.06. The van der Waals surface area contributed by atoms with Crippen LogP contribution in [0.1, 0.15) is 49.5 Å². The lowest BCUT2D eigenvalue weighted by Crippen LogP contribution is -2.16. The number of carbonyl (C=O) groups excluding carboxylic acids is 2. The van der Waals surface area contributed by atoms with Gasteiger partial charge < -0.3 is 10.1 Å². The van der Waals surface area contributed by atoms with Gasteiger partial charge in [0.2, 0.25) is 0 Å². The molecule has 2 aromatic rings. The predicted octanol–water partition coefficient (Wildman–Crippen LogP) is 3.37. The van der Waals surface area contributed by atoms with Crippen molar-refractivity contribution in [1.29, 1.82) is 5.26 Å². The van der Waals surface area contributed by atoms with E-state index in [-0.39, 0.29) is 12.3 Å². The van der Waals surface area contributed by atoms with Crippen LogP contribution in [0, 0.1) is 32.1 Å². The molecule has 2 rings (SSSR count). The molecule has 0 aliphatic carbocycles. The topological polar surface area (TPSA) is 92.1 Å². The minimum Gasteiger partial charge on any atom is -0.462 e. The van der Waals surface area contributed by atoms with Crippen molar-refractivity contribution in [1.82, 2.24) is 4.98 Å². The van der Waals surface area contributed by atoms with E-state index in [9.17, 15) is 9.59 Å². The summed E-state index contributed by atoms with van der Waals surface area (Å²) in [7, 11) is 0. The van der Waals surface area contributed by atoms with E-state index in [4.69, 9.17) is 10.00 Å². The molecule has 0 atom stereocenters. The summed E-state index contributed by atoms with van der Waals surface area (Å²) in [6.45, 7) is 7.35. The van der Waals surface area contributed by atoms with E-state index in [0.717, 1.165) is 10.4 Å². The van der Waals surface area contributed by atoms with Crippen LogP contribution in [0.15, 0.2) is 12.1 Å². The Bertz CT molecular complexity index is 849. The number of ether oxygens (including phenoxy) is 1. The first-order chi connectivity index (χ1) is 11.4. The Kier molecular flexibility index (Phi) is 5.31. The third-order valence-corrected chi connectivity index (χ3v) is 4.65. The van der Waals surface area contributed by atoms with Crippen LogP contribution >= 0.6 is 11.3 Å². The highest BCUT2D eigenvalue weighted by Crippen LogP contribution is 2.33. The van der Waals surface area contributed by atoms with Gasteiger partial charge in [0.15, 0.2) is 0 Å². The molecular weight excluding hydrogens is 326 g/mol. The second-order valence-corrected chi connectivity index (χ2v) is 6.33.